The third kappa shape index (κ3) is 7.55. The third-order valence-corrected chi connectivity index (χ3v) is 8.20. The lowest BCUT2D eigenvalue weighted by atomic mass is 9.77. The molecule has 4 unspecified atom stereocenters. The summed E-state index contributed by atoms with van der Waals surface area (Å²) in [6.07, 6.45) is 4.94. The van der Waals surface area contributed by atoms with Gasteiger partial charge >= 0.3 is 0 Å². The molecule has 4 N–H and O–H groups in total. The minimum absolute atomic E-state index is 0.0223. The van der Waals surface area contributed by atoms with E-state index in [1.807, 2.05) is 0 Å². The first kappa shape index (κ1) is 32.4. The van der Waals surface area contributed by atoms with Crippen LogP contribution in [0.5, 0.6) is 11.5 Å². The largest absolute Gasteiger partial charge is 0.493 e. The lowest BCUT2D eigenvalue weighted by molar-refractivity contribution is -0.137. The lowest BCUT2D eigenvalue weighted by Crippen LogP contribution is -2.56. The summed E-state index contributed by atoms with van der Waals surface area (Å²) in [5, 5.41) is 33.7. The Balaban J connectivity index is 1.71. The van der Waals surface area contributed by atoms with Gasteiger partial charge in [0.2, 0.25) is 11.8 Å². The van der Waals surface area contributed by atoms with Crippen molar-refractivity contribution in [2.45, 2.75) is 82.6 Å². The van der Waals surface area contributed by atoms with E-state index >= 15 is 0 Å². The lowest BCUT2D eigenvalue weighted by Gasteiger charge is -2.41. The second-order valence-corrected chi connectivity index (χ2v) is 11.1. The molecule has 0 saturated heterocycles. The van der Waals surface area contributed by atoms with Gasteiger partial charge in [-0.2, -0.15) is 0 Å². The van der Waals surface area contributed by atoms with Crippen molar-refractivity contribution in [2.24, 2.45) is 0 Å². The maximum Gasteiger partial charge on any atom is 0.247 e. The Morgan fingerprint density at radius 3 is 2.58 bits per heavy atom. The van der Waals surface area contributed by atoms with E-state index < -0.39 is 30.1 Å². The van der Waals surface area contributed by atoms with Crippen molar-refractivity contribution >= 4 is 11.8 Å². The van der Waals surface area contributed by atoms with Crippen LogP contribution < -0.4 is 14.8 Å². The summed E-state index contributed by atoms with van der Waals surface area (Å²) in [7, 11) is 1.47. The molecule has 0 aromatic heterocycles. The zero-order valence-corrected chi connectivity index (χ0v) is 24.9. The smallest absolute Gasteiger partial charge is 0.247 e. The number of hydrogen-bond donors (Lipinski definition) is 4. The Morgan fingerprint density at radius 2 is 1.88 bits per heavy atom. The number of carbonyl (C=O) groups is 2. The Kier molecular flexibility index (Phi) is 11.6. The molecular weight excluding hydrogens is 555 g/mol. The molecule has 0 bridgehead atoms. The Labute approximate surface area is 252 Å². The van der Waals surface area contributed by atoms with Gasteiger partial charge in [-0.05, 0) is 54.3 Å². The van der Waals surface area contributed by atoms with Crippen LogP contribution in [0, 0.1) is 5.82 Å². The van der Waals surface area contributed by atoms with E-state index in [1.54, 1.807) is 35.2 Å². The molecule has 1 aliphatic carbocycles. The van der Waals surface area contributed by atoms with Crippen molar-refractivity contribution < 1.29 is 38.8 Å². The highest BCUT2D eigenvalue weighted by Crippen LogP contribution is 2.51. The molecule has 10 heteroatoms. The van der Waals surface area contributed by atoms with Crippen molar-refractivity contribution in [3.05, 3.63) is 70.6 Å². The second-order valence-electron chi connectivity index (χ2n) is 11.1. The first-order chi connectivity index (χ1) is 20.8. The molecule has 4 atom stereocenters. The predicted molar refractivity (Wildman–Crippen MR) is 159 cm³/mol. The van der Waals surface area contributed by atoms with Gasteiger partial charge in [-0.15, -0.1) is 0 Å². The Bertz CT molecular complexity index is 1300. The summed E-state index contributed by atoms with van der Waals surface area (Å²) in [5.74, 6) is -0.970. The van der Waals surface area contributed by atoms with Gasteiger partial charge in [0.05, 0.1) is 32.3 Å². The quantitative estimate of drug-likeness (QED) is 0.232. The topological polar surface area (TPSA) is 129 Å². The molecule has 0 radical (unpaired) electrons. The van der Waals surface area contributed by atoms with Crippen LogP contribution in [-0.4, -0.2) is 77.1 Å². The van der Waals surface area contributed by atoms with Gasteiger partial charge in [0.15, 0.2) is 11.5 Å². The van der Waals surface area contributed by atoms with E-state index in [-0.39, 0.29) is 50.0 Å². The first-order valence-electron chi connectivity index (χ1n) is 15.1. The molecule has 1 heterocycles. The third-order valence-electron chi connectivity index (χ3n) is 8.20. The number of fused-ring (bicyclic) bond motifs is 3. The van der Waals surface area contributed by atoms with Crippen LogP contribution in [0.1, 0.15) is 68.1 Å². The van der Waals surface area contributed by atoms with Gasteiger partial charge in [-0.3, -0.25) is 9.59 Å². The fourth-order valence-corrected chi connectivity index (χ4v) is 6.02. The number of rotatable bonds is 15. The highest BCUT2D eigenvalue weighted by Gasteiger charge is 2.51. The summed E-state index contributed by atoms with van der Waals surface area (Å²) in [6, 6.07) is 8.66. The molecule has 9 nitrogen and oxygen atoms in total. The van der Waals surface area contributed by atoms with Crippen LogP contribution in [0.15, 0.2) is 48.0 Å². The highest BCUT2D eigenvalue weighted by molar-refractivity contribution is 5.96. The van der Waals surface area contributed by atoms with Crippen molar-refractivity contribution in [3.63, 3.8) is 0 Å². The number of nitrogens with zero attached hydrogens (tertiary/aromatic N) is 1. The fourth-order valence-electron chi connectivity index (χ4n) is 6.02. The highest BCUT2D eigenvalue weighted by atomic mass is 19.1. The summed E-state index contributed by atoms with van der Waals surface area (Å²) < 4.78 is 25.7. The minimum Gasteiger partial charge on any atom is -0.493 e. The predicted octanol–water partition coefficient (Wildman–Crippen LogP) is 3.38. The van der Waals surface area contributed by atoms with Crippen LogP contribution in [-0.2, 0) is 22.6 Å². The number of aliphatic hydroxyl groups excluding tert-OH is 3. The van der Waals surface area contributed by atoms with Gasteiger partial charge in [-0.1, -0.05) is 44.7 Å². The Hall–Kier alpha value is -3.47. The summed E-state index contributed by atoms with van der Waals surface area (Å²) in [6.45, 7) is 1.83. The van der Waals surface area contributed by atoms with E-state index in [4.69, 9.17) is 9.47 Å². The van der Waals surface area contributed by atoms with Gasteiger partial charge < -0.3 is 35.0 Å². The number of methoxy groups -OCH3 is 1. The number of nitrogens with one attached hydrogen (secondary N) is 1. The Morgan fingerprint density at radius 1 is 1.09 bits per heavy atom. The van der Waals surface area contributed by atoms with Crippen molar-refractivity contribution in [1.29, 1.82) is 0 Å². The van der Waals surface area contributed by atoms with Gasteiger partial charge in [0.25, 0.3) is 0 Å². The zero-order valence-electron chi connectivity index (χ0n) is 24.9. The summed E-state index contributed by atoms with van der Waals surface area (Å²) >= 11 is 0. The molecule has 0 spiro atoms. The zero-order chi connectivity index (χ0) is 30.9. The summed E-state index contributed by atoms with van der Waals surface area (Å²) in [4.78, 5) is 28.8. The molecule has 1 aliphatic heterocycles. The molecule has 43 heavy (non-hydrogen) atoms. The van der Waals surface area contributed by atoms with E-state index in [0.29, 0.717) is 41.0 Å². The van der Waals surface area contributed by atoms with E-state index in [9.17, 15) is 29.3 Å². The van der Waals surface area contributed by atoms with Crippen molar-refractivity contribution in [1.82, 2.24) is 10.2 Å². The summed E-state index contributed by atoms with van der Waals surface area (Å²) in [5.41, 5.74) is 2.14. The number of aliphatic hydroxyl groups is 3. The minimum atomic E-state index is -1.20. The fraction of sp³-hybridized carbons (Fsp3) is 0.515. The van der Waals surface area contributed by atoms with Gasteiger partial charge in [-0.25, -0.2) is 4.39 Å². The van der Waals surface area contributed by atoms with Gasteiger partial charge in [0, 0.05) is 30.6 Å². The number of halogens is 1. The van der Waals surface area contributed by atoms with Crippen LogP contribution in [0.3, 0.4) is 0 Å². The number of ether oxygens (including phenoxy) is 2. The monoisotopic (exact) mass is 598 g/mol. The normalized spacial score (nSPS) is 20.5. The molecule has 2 aromatic rings. The van der Waals surface area contributed by atoms with E-state index in [0.717, 1.165) is 25.7 Å². The average Bonchev–Trinajstić information content (AvgIpc) is 3.40. The second kappa shape index (κ2) is 15.3. The molecule has 2 aliphatic rings. The molecule has 2 aromatic carbocycles. The average molecular weight is 599 g/mol. The number of hydrogen-bond acceptors (Lipinski definition) is 7. The molecule has 0 fully saturated rings. The maximum atomic E-state index is 13.9. The SMILES string of the molecule is CCCCCCCC(=O)N(CCc1cccc(F)c1)C1C=C(C(=O)NCCO)C2c3cc(CO)cc(OC)c3OC2C1O. The molecular formula is C33H43FN2O7. The number of benzene rings is 2. The standard InChI is InChI=1S/C33H43FN2O7/c1-3-4-5-6-7-11-28(39)36(14-12-21-9-8-10-23(34)16-21)26-19-25(33(41)35-13-15-37)29-24-17-22(20-38)18-27(42-2)31(24)43-32(29)30(26)40/h8-10,16-19,26,29-30,32,37-38,40H,3-7,11-15,20H2,1-2H3,(H,35,41). The number of carbonyl (C=O) groups excluding carboxylic acids is 2. The van der Waals surface area contributed by atoms with Crippen LogP contribution >= 0.6 is 0 Å². The molecule has 234 valence electrons. The van der Waals surface area contributed by atoms with Gasteiger partial charge in [0.1, 0.15) is 18.0 Å². The van der Waals surface area contributed by atoms with E-state index in [2.05, 4.69) is 12.2 Å². The van der Waals surface area contributed by atoms with Crippen molar-refractivity contribution in [2.75, 3.05) is 26.8 Å². The van der Waals surface area contributed by atoms with E-state index in [1.165, 1.54) is 19.2 Å². The maximum absolute atomic E-state index is 13.9. The van der Waals surface area contributed by atoms with Crippen LogP contribution in [0.2, 0.25) is 0 Å². The first-order valence-corrected chi connectivity index (χ1v) is 15.1. The molecule has 4 rings (SSSR count). The molecule has 2 amide bonds. The molecule has 0 saturated carbocycles. The van der Waals surface area contributed by atoms with Crippen LogP contribution in [0.4, 0.5) is 4.39 Å². The number of amides is 2. The number of unbranched alkanes of at least 4 members (excludes halogenated alkanes) is 4. The van der Waals surface area contributed by atoms with Crippen molar-refractivity contribution in [3.8, 4) is 11.5 Å². The van der Waals surface area contributed by atoms with Crippen LogP contribution in [0.25, 0.3) is 0 Å².